The molecule has 3 heterocycles. The Bertz CT molecular complexity index is 1190. The van der Waals surface area contributed by atoms with E-state index in [2.05, 4.69) is 20.6 Å². The fourth-order valence-electron chi connectivity index (χ4n) is 4.11. The van der Waals surface area contributed by atoms with Crippen LogP contribution in [0.2, 0.25) is 0 Å². The summed E-state index contributed by atoms with van der Waals surface area (Å²) in [4.78, 5) is 21.1. The molecule has 2 saturated heterocycles. The van der Waals surface area contributed by atoms with Crippen LogP contribution in [-0.4, -0.2) is 53.6 Å². The molecule has 4 atom stereocenters. The van der Waals surface area contributed by atoms with Crippen molar-refractivity contribution < 1.29 is 32.2 Å². The molecule has 2 fully saturated rings. The van der Waals surface area contributed by atoms with E-state index in [1.165, 1.54) is 12.1 Å². The highest BCUT2D eigenvalue weighted by molar-refractivity contribution is 5.84. The van der Waals surface area contributed by atoms with Crippen LogP contribution in [0.5, 0.6) is 0 Å². The molecule has 0 aliphatic carbocycles. The van der Waals surface area contributed by atoms with Gasteiger partial charge in [-0.1, -0.05) is 36.4 Å². The summed E-state index contributed by atoms with van der Waals surface area (Å²) in [7, 11) is 0. The summed E-state index contributed by atoms with van der Waals surface area (Å²) >= 11 is 0. The Kier molecular flexibility index (Phi) is 6.27. The zero-order valence-electron chi connectivity index (χ0n) is 18.2. The maximum Gasteiger partial charge on any atom is 0.416 e. The molecular weight excluding hydrogens is 465 g/mol. The predicted octanol–water partition coefficient (Wildman–Crippen LogP) is 4.36. The molecule has 1 amide bonds. The fraction of sp³-hybridized carbons (Fsp3) is 0.292. The van der Waals surface area contributed by atoms with Crippen molar-refractivity contribution in [3.63, 3.8) is 0 Å². The topological polar surface area (TPSA) is 94.6 Å². The standard InChI is InChI=1S/C24H21F3N4O4/c25-24(26,27)15-7-4-8-16(11-15)29-23(32)35-19-13-34-20-18(12-33-21(19)20)31-22-28-10-9-17(30-22)14-5-2-1-3-6-14/h1-11,18-21H,12-13H2,(H,29,32)(H,28,30,31)/t18-,19-,20-,21+/m1/s1. The van der Waals surface area contributed by atoms with Crippen molar-refractivity contribution in [3.8, 4) is 11.3 Å². The van der Waals surface area contributed by atoms with Crippen molar-refractivity contribution in [1.29, 1.82) is 0 Å². The van der Waals surface area contributed by atoms with Crippen molar-refractivity contribution in [2.45, 2.75) is 30.5 Å². The van der Waals surface area contributed by atoms with Gasteiger partial charge in [0.25, 0.3) is 0 Å². The first-order valence-corrected chi connectivity index (χ1v) is 10.9. The third-order valence-electron chi connectivity index (χ3n) is 5.74. The number of nitrogens with zero attached hydrogens (tertiary/aromatic N) is 2. The predicted molar refractivity (Wildman–Crippen MR) is 120 cm³/mol. The van der Waals surface area contributed by atoms with Gasteiger partial charge in [0, 0.05) is 17.4 Å². The number of rotatable bonds is 5. The zero-order chi connectivity index (χ0) is 24.4. The Morgan fingerprint density at radius 2 is 1.80 bits per heavy atom. The first-order chi connectivity index (χ1) is 16.9. The zero-order valence-corrected chi connectivity index (χ0v) is 18.2. The van der Waals surface area contributed by atoms with Gasteiger partial charge in [-0.05, 0) is 24.3 Å². The van der Waals surface area contributed by atoms with Gasteiger partial charge in [-0.25, -0.2) is 14.8 Å². The average Bonchev–Trinajstić information content (AvgIpc) is 3.43. The molecule has 0 saturated carbocycles. The fourth-order valence-corrected chi connectivity index (χ4v) is 4.11. The average molecular weight is 486 g/mol. The second kappa shape index (κ2) is 9.51. The van der Waals surface area contributed by atoms with Crippen molar-refractivity contribution in [3.05, 3.63) is 72.4 Å². The van der Waals surface area contributed by atoms with Crippen LogP contribution < -0.4 is 10.6 Å². The number of nitrogens with one attached hydrogen (secondary N) is 2. The summed E-state index contributed by atoms with van der Waals surface area (Å²) in [6.07, 6.45) is -5.41. The molecule has 5 rings (SSSR count). The molecular formula is C24H21F3N4O4. The third-order valence-corrected chi connectivity index (χ3v) is 5.74. The molecule has 0 radical (unpaired) electrons. The number of halogens is 3. The van der Waals surface area contributed by atoms with E-state index in [0.717, 1.165) is 23.4 Å². The Morgan fingerprint density at radius 3 is 2.60 bits per heavy atom. The molecule has 11 heteroatoms. The quantitative estimate of drug-likeness (QED) is 0.554. The maximum atomic E-state index is 12.9. The minimum absolute atomic E-state index is 0.0254. The third kappa shape index (κ3) is 5.20. The van der Waals surface area contributed by atoms with Crippen LogP contribution in [0.25, 0.3) is 11.3 Å². The van der Waals surface area contributed by atoms with E-state index in [1.807, 2.05) is 36.4 Å². The molecule has 2 aliphatic rings. The monoisotopic (exact) mass is 486 g/mol. The number of aromatic nitrogens is 2. The number of carbonyl (C=O) groups is 1. The van der Waals surface area contributed by atoms with Crippen LogP contribution in [-0.2, 0) is 20.4 Å². The normalized spacial score (nSPS) is 23.5. The summed E-state index contributed by atoms with van der Waals surface area (Å²) in [6.45, 7) is 0.373. The summed E-state index contributed by atoms with van der Waals surface area (Å²) in [5.41, 5.74) is 0.822. The van der Waals surface area contributed by atoms with Crippen LogP contribution in [0.4, 0.5) is 29.6 Å². The summed E-state index contributed by atoms with van der Waals surface area (Å²) in [6, 6.07) is 15.5. The summed E-state index contributed by atoms with van der Waals surface area (Å²) < 4.78 is 55.7. The second-order valence-electron chi connectivity index (χ2n) is 8.13. The van der Waals surface area contributed by atoms with Crippen LogP contribution >= 0.6 is 0 Å². The number of benzene rings is 2. The van der Waals surface area contributed by atoms with E-state index in [4.69, 9.17) is 14.2 Å². The number of amides is 1. The first kappa shape index (κ1) is 23.1. The largest absolute Gasteiger partial charge is 0.441 e. The van der Waals surface area contributed by atoms with Gasteiger partial charge in [0.15, 0.2) is 6.10 Å². The molecule has 3 aromatic rings. The Hall–Kier alpha value is -3.70. The number of carbonyl (C=O) groups excluding carboxylic acids is 1. The van der Waals surface area contributed by atoms with Crippen molar-refractivity contribution in [2.75, 3.05) is 23.8 Å². The van der Waals surface area contributed by atoms with Gasteiger partial charge in [0.1, 0.15) is 12.2 Å². The van der Waals surface area contributed by atoms with E-state index in [0.29, 0.717) is 5.95 Å². The molecule has 0 spiro atoms. The van der Waals surface area contributed by atoms with Gasteiger partial charge >= 0.3 is 12.3 Å². The van der Waals surface area contributed by atoms with Gasteiger partial charge in [-0.2, -0.15) is 13.2 Å². The van der Waals surface area contributed by atoms with Crippen LogP contribution in [0.15, 0.2) is 66.9 Å². The highest BCUT2D eigenvalue weighted by Crippen LogP contribution is 2.32. The van der Waals surface area contributed by atoms with Crippen molar-refractivity contribution in [2.24, 2.45) is 0 Å². The van der Waals surface area contributed by atoms with E-state index in [-0.39, 0.29) is 24.9 Å². The van der Waals surface area contributed by atoms with E-state index < -0.39 is 36.1 Å². The smallest absolute Gasteiger partial charge is 0.416 e. The molecule has 2 aliphatic heterocycles. The van der Waals surface area contributed by atoms with E-state index >= 15 is 0 Å². The van der Waals surface area contributed by atoms with Crippen LogP contribution in [0, 0.1) is 0 Å². The molecule has 35 heavy (non-hydrogen) atoms. The number of anilines is 2. The molecule has 8 nitrogen and oxygen atoms in total. The van der Waals surface area contributed by atoms with Crippen LogP contribution in [0.1, 0.15) is 5.56 Å². The van der Waals surface area contributed by atoms with Crippen LogP contribution in [0.3, 0.4) is 0 Å². The van der Waals surface area contributed by atoms with E-state index in [9.17, 15) is 18.0 Å². The number of hydrogen-bond acceptors (Lipinski definition) is 7. The number of alkyl halides is 3. The molecule has 2 N–H and O–H groups in total. The lowest BCUT2D eigenvalue weighted by molar-refractivity contribution is -0.137. The number of hydrogen-bond donors (Lipinski definition) is 2. The van der Waals surface area contributed by atoms with Gasteiger partial charge < -0.3 is 19.5 Å². The molecule has 0 bridgehead atoms. The summed E-state index contributed by atoms with van der Waals surface area (Å²) in [5.74, 6) is 0.413. The van der Waals surface area contributed by atoms with Gasteiger partial charge in [-0.3, -0.25) is 5.32 Å². The van der Waals surface area contributed by atoms with Gasteiger partial charge in [0.2, 0.25) is 5.95 Å². The molecule has 0 unspecified atom stereocenters. The SMILES string of the molecule is O=C(Nc1cccc(C(F)(F)F)c1)O[C@@H]1CO[C@H]2[C@H]1OC[C@H]2Nc1nccc(-c2ccccc2)n1. The summed E-state index contributed by atoms with van der Waals surface area (Å²) in [5, 5.41) is 5.55. The maximum absolute atomic E-state index is 12.9. The molecule has 182 valence electrons. The molecule has 2 aromatic carbocycles. The lowest BCUT2D eigenvalue weighted by atomic mass is 10.1. The minimum atomic E-state index is -4.52. The Balaban J connectivity index is 1.19. The van der Waals surface area contributed by atoms with Crippen molar-refractivity contribution >= 4 is 17.7 Å². The minimum Gasteiger partial charge on any atom is -0.441 e. The Labute approximate surface area is 198 Å². The number of ether oxygens (including phenoxy) is 3. The van der Waals surface area contributed by atoms with Gasteiger partial charge in [-0.15, -0.1) is 0 Å². The van der Waals surface area contributed by atoms with Gasteiger partial charge in [0.05, 0.1) is 30.5 Å². The highest BCUT2D eigenvalue weighted by Gasteiger charge is 2.49. The van der Waals surface area contributed by atoms with Crippen molar-refractivity contribution in [1.82, 2.24) is 9.97 Å². The molecule has 1 aromatic heterocycles. The highest BCUT2D eigenvalue weighted by atomic mass is 19.4. The lowest BCUT2D eigenvalue weighted by Crippen LogP contribution is -2.38. The Morgan fingerprint density at radius 1 is 1.00 bits per heavy atom. The number of fused-ring (bicyclic) bond motifs is 1. The lowest BCUT2D eigenvalue weighted by Gasteiger charge is -2.18. The second-order valence-corrected chi connectivity index (χ2v) is 8.13. The first-order valence-electron chi connectivity index (χ1n) is 10.9. The van der Waals surface area contributed by atoms with E-state index in [1.54, 1.807) is 6.20 Å².